The van der Waals surface area contributed by atoms with E-state index in [0.717, 1.165) is 13.1 Å². The Morgan fingerprint density at radius 3 is 1.44 bits per heavy atom. The minimum atomic E-state index is 1.11. The third kappa shape index (κ3) is 4.73. The quantitative estimate of drug-likeness (QED) is 0.637. The van der Waals surface area contributed by atoms with Crippen LogP contribution in [0.1, 0.15) is 38.5 Å². The van der Waals surface area contributed by atoms with Crippen molar-refractivity contribution in [1.29, 1.82) is 0 Å². The van der Waals surface area contributed by atoms with E-state index in [0.29, 0.717) is 0 Å². The molecule has 0 spiro atoms. The average molecular weight is 246 g/mol. The van der Waals surface area contributed by atoms with Crippen molar-refractivity contribution in [2.75, 3.05) is 0 Å². The molecule has 0 aromatic carbocycles. The lowest BCUT2D eigenvalue weighted by Crippen LogP contribution is -1.95. The average Bonchev–Trinajstić information content (AvgIpc) is 3.05. The number of imidazole rings is 2. The minimum Gasteiger partial charge on any atom is -0.337 e. The molecule has 18 heavy (non-hydrogen) atoms. The molecular formula is C14H22N4. The number of aryl methyl sites for hydroxylation is 2. The first kappa shape index (κ1) is 12.9. The van der Waals surface area contributed by atoms with Crippen molar-refractivity contribution in [3.05, 3.63) is 37.4 Å². The van der Waals surface area contributed by atoms with Crippen molar-refractivity contribution < 1.29 is 0 Å². The number of unbranched alkanes of at least 4 members (excludes halogenated alkanes) is 5. The third-order valence-corrected chi connectivity index (χ3v) is 3.20. The lowest BCUT2D eigenvalue weighted by molar-refractivity contribution is 0.531. The van der Waals surface area contributed by atoms with Gasteiger partial charge in [-0.15, -0.1) is 0 Å². The first-order valence-corrected chi connectivity index (χ1v) is 6.86. The molecule has 0 aliphatic heterocycles. The van der Waals surface area contributed by atoms with Crippen molar-refractivity contribution in [2.45, 2.75) is 51.6 Å². The molecule has 2 aromatic heterocycles. The predicted molar refractivity (Wildman–Crippen MR) is 72.2 cm³/mol. The van der Waals surface area contributed by atoms with E-state index >= 15 is 0 Å². The van der Waals surface area contributed by atoms with Crippen LogP contribution in [0, 0.1) is 0 Å². The number of hydrogen-bond acceptors (Lipinski definition) is 2. The highest BCUT2D eigenvalue weighted by Crippen LogP contribution is 2.07. The van der Waals surface area contributed by atoms with E-state index in [1.807, 2.05) is 37.4 Å². The summed E-state index contributed by atoms with van der Waals surface area (Å²) >= 11 is 0. The van der Waals surface area contributed by atoms with Gasteiger partial charge in [0.1, 0.15) is 0 Å². The van der Waals surface area contributed by atoms with Gasteiger partial charge in [-0.1, -0.05) is 25.7 Å². The normalized spacial score (nSPS) is 10.9. The van der Waals surface area contributed by atoms with Crippen molar-refractivity contribution >= 4 is 0 Å². The smallest absolute Gasteiger partial charge is 0.0945 e. The molecule has 0 bridgehead atoms. The van der Waals surface area contributed by atoms with Crippen molar-refractivity contribution in [1.82, 2.24) is 19.1 Å². The molecule has 4 heteroatoms. The minimum absolute atomic E-state index is 1.11. The summed E-state index contributed by atoms with van der Waals surface area (Å²) in [5.74, 6) is 0. The van der Waals surface area contributed by atoms with Gasteiger partial charge in [0.2, 0.25) is 0 Å². The molecular weight excluding hydrogens is 224 g/mol. The van der Waals surface area contributed by atoms with E-state index in [1.54, 1.807) is 0 Å². The molecule has 0 radical (unpaired) electrons. The second-order valence-electron chi connectivity index (χ2n) is 4.72. The van der Waals surface area contributed by atoms with Crippen LogP contribution in [0.15, 0.2) is 37.4 Å². The fraction of sp³-hybridized carbons (Fsp3) is 0.571. The number of hydrogen-bond donors (Lipinski definition) is 0. The molecule has 0 fully saturated rings. The molecule has 0 atom stereocenters. The van der Waals surface area contributed by atoms with Gasteiger partial charge >= 0.3 is 0 Å². The maximum absolute atomic E-state index is 4.04. The van der Waals surface area contributed by atoms with E-state index < -0.39 is 0 Å². The van der Waals surface area contributed by atoms with Crippen molar-refractivity contribution in [3.8, 4) is 0 Å². The van der Waals surface area contributed by atoms with E-state index in [-0.39, 0.29) is 0 Å². The van der Waals surface area contributed by atoms with Gasteiger partial charge in [0, 0.05) is 37.9 Å². The molecule has 0 amide bonds. The molecule has 2 heterocycles. The summed E-state index contributed by atoms with van der Waals surface area (Å²) in [6.45, 7) is 2.21. The maximum atomic E-state index is 4.04. The van der Waals surface area contributed by atoms with Crippen LogP contribution in [0.25, 0.3) is 0 Å². The molecule has 0 aliphatic carbocycles. The Morgan fingerprint density at radius 1 is 0.611 bits per heavy atom. The second-order valence-corrected chi connectivity index (χ2v) is 4.72. The molecule has 0 saturated heterocycles. The van der Waals surface area contributed by atoms with Crippen LogP contribution < -0.4 is 0 Å². The molecule has 0 aliphatic rings. The summed E-state index contributed by atoms with van der Waals surface area (Å²) in [7, 11) is 0. The zero-order valence-corrected chi connectivity index (χ0v) is 10.9. The summed E-state index contributed by atoms with van der Waals surface area (Å²) in [5.41, 5.74) is 0. The van der Waals surface area contributed by atoms with Crippen molar-refractivity contribution in [2.24, 2.45) is 0 Å². The standard InChI is InChI=1S/C14H22N4/c1(3-5-9-17-11-7-15-13-17)2-4-6-10-18-12-8-16-14-18/h7-8,11-14H,1-6,9-10H2. The van der Waals surface area contributed by atoms with Gasteiger partial charge in [-0.25, -0.2) is 9.97 Å². The SMILES string of the molecule is c1cn(CCCCCCCCn2ccnc2)cn1. The van der Waals surface area contributed by atoms with Crippen LogP contribution in [-0.4, -0.2) is 19.1 Å². The fourth-order valence-corrected chi connectivity index (χ4v) is 2.13. The van der Waals surface area contributed by atoms with E-state index in [4.69, 9.17) is 0 Å². The van der Waals surface area contributed by atoms with Gasteiger partial charge < -0.3 is 9.13 Å². The topological polar surface area (TPSA) is 35.6 Å². The van der Waals surface area contributed by atoms with Gasteiger partial charge in [-0.2, -0.15) is 0 Å². The van der Waals surface area contributed by atoms with Gasteiger partial charge in [0.05, 0.1) is 12.7 Å². The predicted octanol–water partition coefficient (Wildman–Crippen LogP) is 3.12. The summed E-state index contributed by atoms with van der Waals surface area (Å²) in [4.78, 5) is 8.08. The summed E-state index contributed by atoms with van der Waals surface area (Å²) in [6.07, 6.45) is 19.4. The lowest BCUT2D eigenvalue weighted by Gasteiger charge is -2.03. The van der Waals surface area contributed by atoms with Crippen molar-refractivity contribution in [3.63, 3.8) is 0 Å². The number of nitrogens with zero attached hydrogens (tertiary/aromatic N) is 4. The Hall–Kier alpha value is -1.58. The van der Waals surface area contributed by atoms with Gasteiger partial charge in [0.15, 0.2) is 0 Å². The highest BCUT2D eigenvalue weighted by Gasteiger charge is 1.94. The van der Waals surface area contributed by atoms with Gasteiger partial charge in [0.25, 0.3) is 0 Å². The molecule has 2 aromatic rings. The number of aromatic nitrogens is 4. The Balaban J connectivity index is 1.40. The van der Waals surface area contributed by atoms with Crippen LogP contribution >= 0.6 is 0 Å². The van der Waals surface area contributed by atoms with Crippen LogP contribution in [-0.2, 0) is 13.1 Å². The Morgan fingerprint density at radius 2 is 1.06 bits per heavy atom. The van der Waals surface area contributed by atoms with Crippen LogP contribution in [0.2, 0.25) is 0 Å². The Labute approximate surface area is 109 Å². The highest BCUT2D eigenvalue weighted by molar-refractivity contribution is 4.74. The molecule has 4 nitrogen and oxygen atoms in total. The Kier molecular flexibility index (Phi) is 5.50. The molecule has 0 saturated carbocycles. The third-order valence-electron chi connectivity index (χ3n) is 3.20. The van der Waals surface area contributed by atoms with Crippen LogP contribution in [0.3, 0.4) is 0 Å². The molecule has 0 unspecified atom stereocenters. The maximum Gasteiger partial charge on any atom is 0.0945 e. The van der Waals surface area contributed by atoms with E-state index in [2.05, 4.69) is 19.1 Å². The lowest BCUT2D eigenvalue weighted by atomic mass is 10.1. The Bertz CT molecular complexity index is 351. The van der Waals surface area contributed by atoms with Crippen LogP contribution in [0.5, 0.6) is 0 Å². The summed E-state index contributed by atoms with van der Waals surface area (Å²) in [5, 5.41) is 0. The second kappa shape index (κ2) is 7.69. The number of rotatable bonds is 9. The summed E-state index contributed by atoms with van der Waals surface area (Å²) < 4.78 is 4.30. The molecule has 98 valence electrons. The van der Waals surface area contributed by atoms with E-state index in [9.17, 15) is 0 Å². The largest absolute Gasteiger partial charge is 0.337 e. The van der Waals surface area contributed by atoms with Gasteiger partial charge in [-0.05, 0) is 12.8 Å². The zero-order chi connectivity index (χ0) is 12.5. The first-order valence-electron chi connectivity index (χ1n) is 6.86. The van der Waals surface area contributed by atoms with E-state index in [1.165, 1.54) is 38.5 Å². The molecule has 0 N–H and O–H groups in total. The monoisotopic (exact) mass is 246 g/mol. The highest BCUT2D eigenvalue weighted by atomic mass is 15.0. The van der Waals surface area contributed by atoms with Gasteiger partial charge in [-0.3, -0.25) is 0 Å². The van der Waals surface area contributed by atoms with Crippen LogP contribution in [0.4, 0.5) is 0 Å². The molecule has 2 rings (SSSR count). The zero-order valence-electron chi connectivity index (χ0n) is 10.9. The first-order chi connectivity index (χ1) is 8.95. The summed E-state index contributed by atoms with van der Waals surface area (Å²) in [6, 6.07) is 0. The fourth-order valence-electron chi connectivity index (χ4n) is 2.13.